The van der Waals surface area contributed by atoms with Crippen LogP contribution in [0.5, 0.6) is 5.75 Å². The molecule has 0 aromatic heterocycles. The van der Waals surface area contributed by atoms with E-state index >= 15 is 0 Å². The second kappa shape index (κ2) is 4.01. The van der Waals surface area contributed by atoms with Crippen molar-refractivity contribution in [1.29, 1.82) is 0 Å². The van der Waals surface area contributed by atoms with Gasteiger partial charge in [0.1, 0.15) is 5.75 Å². The minimum absolute atomic E-state index is 0.292. The van der Waals surface area contributed by atoms with Gasteiger partial charge in [0.25, 0.3) is 0 Å². The minimum Gasteiger partial charge on any atom is -0.490 e. The lowest BCUT2D eigenvalue weighted by atomic mass is 9.72. The Balaban J connectivity index is 1.80. The van der Waals surface area contributed by atoms with Gasteiger partial charge in [-0.2, -0.15) is 4.99 Å². The van der Waals surface area contributed by atoms with Crippen LogP contribution in [0.25, 0.3) is 0 Å². The summed E-state index contributed by atoms with van der Waals surface area (Å²) in [5, 5.41) is 0. The van der Waals surface area contributed by atoms with Crippen molar-refractivity contribution < 1.29 is 9.53 Å². The molecule has 2 fully saturated rings. The quantitative estimate of drug-likeness (QED) is 0.588. The van der Waals surface area contributed by atoms with E-state index in [1.165, 1.54) is 12.8 Å². The molecule has 0 N–H and O–H groups in total. The van der Waals surface area contributed by atoms with Crippen LogP contribution in [-0.4, -0.2) is 12.2 Å². The van der Waals surface area contributed by atoms with E-state index in [1.807, 2.05) is 24.3 Å². The normalized spacial score (nSPS) is 21.2. The number of rotatable bonds is 4. The molecule has 3 nitrogen and oxygen atoms in total. The van der Waals surface area contributed by atoms with Crippen LogP contribution >= 0.6 is 0 Å². The number of carbonyl (C=O) groups excluding carboxylic acids is 1. The van der Waals surface area contributed by atoms with Crippen LogP contribution < -0.4 is 4.74 Å². The molecule has 3 rings (SSSR count). The summed E-state index contributed by atoms with van der Waals surface area (Å²) >= 11 is 0. The Morgan fingerprint density at radius 2 is 1.94 bits per heavy atom. The third-order valence-electron chi connectivity index (χ3n) is 3.66. The van der Waals surface area contributed by atoms with Crippen molar-refractivity contribution in [2.45, 2.75) is 43.7 Å². The Kier molecular flexibility index (Phi) is 2.49. The standard InChI is InChI=1S/C14H15NO2/c16-10-15-14(8-1-9-14)11-2-4-12(5-3-11)17-13-6-7-13/h2-5,13H,1,6-9H2. The van der Waals surface area contributed by atoms with Crippen molar-refractivity contribution in [3.63, 3.8) is 0 Å². The first-order valence-electron chi connectivity index (χ1n) is 6.19. The third-order valence-corrected chi connectivity index (χ3v) is 3.66. The van der Waals surface area contributed by atoms with E-state index in [1.54, 1.807) is 6.08 Å². The van der Waals surface area contributed by atoms with Crippen molar-refractivity contribution in [2.24, 2.45) is 4.99 Å². The molecule has 1 aromatic carbocycles. The molecule has 3 heteroatoms. The van der Waals surface area contributed by atoms with E-state index in [4.69, 9.17) is 4.74 Å². The Labute approximate surface area is 101 Å². The van der Waals surface area contributed by atoms with Crippen LogP contribution in [0.1, 0.15) is 37.7 Å². The molecule has 88 valence electrons. The van der Waals surface area contributed by atoms with Gasteiger partial charge in [-0.3, -0.25) is 0 Å². The molecule has 2 saturated carbocycles. The number of hydrogen-bond donors (Lipinski definition) is 0. The second-order valence-corrected chi connectivity index (χ2v) is 4.93. The molecule has 0 saturated heterocycles. The molecule has 0 unspecified atom stereocenters. The van der Waals surface area contributed by atoms with Crippen molar-refractivity contribution in [3.05, 3.63) is 29.8 Å². The summed E-state index contributed by atoms with van der Waals surface area (Å²) in [7, 11) is 0. The molecule has 17 heavy (non-hydrogen) atoms. The Morgan fingerprint density at radius 3 is 2.41 bits per heavy atom. The molecular weight excluding hydrogens is 214 g/mol. The fourth-order valence-electron chi connectivity index (χ4n) is 2.29. The van der Waals surface area contributed by atoms with Crippen LogP contribution in [0.15, 0.2) is 29.3 Å². The zero-order valence-corrected chi connectivity index (χ0v) is 9.69. The number of aliphatic imine (C=N–C) groups is 1. The summed E-state index contributed by atoms with van der Waals surface area (Å²) in [4.78, 5) is 14.5. The summed E-state index contributed by atoms with van der Waals surface area (Å²) in [6.45, 7) is 0. The van der Waals surface area contributed by atoms with Gasteiger partial charge in [0.15, 0.2) is 0 Å². The summed E-state index contributed by atoms with van der Waals surface area (Å²) in [6.07, 6.45) is 7.50. The molecule has 0 radical (unpaired) electrons. The lowest BCUT2D eigenvalue weighted by Gasteiger charge is -2.37. The van der Waals surface area contributed by atoms with Crippen LogP contribution in [-0.2, 0) is 10.3 Å². The van der Waals surface area contributed by atoms with Gasteiger partial charge in [-0.1, -0.05) is 12.1 Å². The molecule has 0 atom stereocenters. The van der Waals surface area contributed by atoms with Gasteiger partial charge in [0.05, 0.1) is 11.6 Å². The fourth-order valence-corrected chi connectivity index (χ4v) is 2.29. The van der Waals surface area contributed by atoms with Gasteiger partial charge in [0, 0.05) is 0 Å². The SMILES string of the molecule is O=C=NC1(c2ccc(OC3CC3)cc2)CCC1. The number of isocyanates is 1. The highest BCUT2D eigenvalue weighted by Crippen LogP contribution is 2.45. The lowest BCUT2D eigenvalue weighted by Crippen LogP contribution is -2.31. The first kappa shape index (κ1) is 10.5. The molecule has 0 amide bonds. The fraction of sp³-hybridized carbons (Fsp3) is 0.500. The van der Waals surface area contributed by atoms with E-state index < -0.39 is 0 Å². The molecule has 2 aliphatic carbocycles. The second-order valence-electron chi connectivity index (χ2n) is 4.93. The maximum atomic E-state index is 10.5. The van der Waals surface area contributed by atoms with Crippen LogP contribution in [0.3, 0.4) is 0 Å². The lowest BCUT2D eigenvalue weighted by molar-refractivity contribution is 0.255. The molecular formula is C14H15NO2. The van der Waals surface area contributed by atoms with E-state index in [0.29, 0.717) is 6.10 Å². The first-order chi connectivity index (χ1) is 8.32. The highest BCUT2D eigenvalue weighted by atomic mass is 16.5. The van der Waals surface area contributed by atoms with E-state index in [2.05, 4.69) is 4.99 Å². The average molecular weight is 229 g/mol. The van der Waals surface area contributed by atoms with Gasteiger partial charge in [-0.25, -0.2) is 4.79 Å². The summed E-state index contributed by atoms with van der Waals surface area (Å²) in [6, 6.07) is 8.01. The maximum Gasteiger partial charge on any atom is 0.235 e. The van der Waals surface area contributed by atoms with Gasteiger partial charge in [0.2, 0.25) is 6.08 Å². The first-order valence-corrected chi connectivity index (χ1v) is 6.19. The molecule has 0 bridgehead atoms. The van der Waals surface area contributed by atoms with Crippen molar-refractivity contribution in [2.75, 3.05) is 0 Å². The summed E-state index contributed by atoms with van der Waals surface area (Å²) in [5.41, 5.74) is 0.815. The van der Waals surface area contributed by atoms with Crippen LogP contribution in [0.2, 0.25) is 0 Å². The number of hydrogen-bond acceptors (Lipinski definition) is 3. The summed E-state index contributed by atoms with van der Waals surface area (Å²) in [5.74, 6) is 0.917. The van der Waals surface area contributed by atoms with E-state index in [0.717, 1.165) is 30.6 Å². The Bertz CT molecular complexity index is 452. The maximum absolute atomic E-state index is 10.5. The van der Waals surface area contributed by atoms with Crippen LogP contribution in [0.4, 0.5) is 0 Å². The van der Waals surface area contributed by atoms with Gasteiger partial charge in [-0.15, -0.1) is 0 Å². The van der Waals surface area contributed by atoms with Gasteiger partial charge < -0.3 is 4.74 Å². The average Bonchev–Trinajstić information content (AvgIpc) is 3.09. The monoisotopic (exact) mass is 229 g/mol. The highest BCUT2D eigenvalue weighted by molar-refractivity contribution is 5.41. The number of nitrogens with zero attached hydrogens (tertiary/aromatic N) is 1. The molecule has 2 aliphatic rings. The topological polar surface area (TPSA) is 38.7 Å². The smallest absolute Gasteiger partial charge is 0.235 e. The van der Waals surface area contributed by atoms with E-state index in [9.17, 15) is 4.79 Å². The number of ether oxygens (including phenoxy) is 1. The molecule has 1 aromatic rings. The predicted octanol–water partition coefficient (Wildman–Crippen LogP) is 2.94. The minimum atomic E-state index is -0.292. The van der Waals surface area contributed by atoms with Gasteiger partial charge in [-0.05, 0) is 49.8 Å². The van der Waals surface area contributed by atoms with Crippen LogP contribution in [0, 0.1) is 0 Å². The molecule has 0 heterocycles. The van der Waals surface area contributed by atoms with E-state index in [-0.39, 0.29) is 5.54 Å². The summed E-state index contributed by atoms with van der Waals surface area (Å²) < 4.78 is 5.70. The highest BCUT2D eigenvalue weighted by Gasteiger charge is 2.38. The van der Waals surface area contributed by atoms with Crippen molar-refractivity contribution in [3.8, 4) is 5.75 Å². The Hall–Kier alpha value is -1.60. The van der Waals surface area contributed by atoms with Crippen molar-refractivity contribution in [1.82, 2.24) is 0 Å². The van der Waals surface area contributed by atoms with Gasteiger partial charge >= 0.3 is 0 Å². The molecule has 0 spiro atoms. The number of benzene rings is 1. The Morgan fingerprint density at radius 1 is 1.24 bits per heavy atom. The molecule has 0 aliphatic heterocycles. The predicted molar refractivity (Wildman–Crippen MR) is 63.7 cm³/mol. The zero-order chi connectivity index (χ0) is 11.7. The van der Waals surface area contributed by atoms with Crippen molar-refractivity contribution >= 4 is 6.08 Å². The third kappa shape index (κ3) is 1.98. The zero-order valence-electron chi connectivity index (χ0n) is 9.69. The largest absolute Gasteiger partial charge is 0.490 e.